The van der Waals surface area contributed by atoms with Crippen molar-refractivity contribution in [1.29, 1.82) is 0 Å². The highest BCUT2D eigenvalue weighted by Gasteiger charge is 2.19. The van der Waals surface area contributed by atoms with Gasteiger partial charge in [-0.3, -0.25) is 0 Å². The minimum absolute atomic E-state index is 0. The molecule has 1 aliphatic rings. The summed E-state index contributed by atoms with van der Waals surface area (Å²) in [5.41, 5.74) is 5.34. The Kier molecular flexibility index (Phi) is 5.21. The number of hydrogen-bond acceptors (Lipinski definition) is 1. The van der Waals surface area contributed by atoms with Gasteiger partial charge in [-0.15, -0.1) is 12.4 Å². The highest BCUT2D eigenvalue weighted by Crippen LogP contribution is 2.33. The molecule has 0 aromatic carbocycles. The minimum atomic E-state index is 0. The summed E-state index contributed by atoms with van der Waals surface area (Å²) in [6, 6.07) is 0. The predicted molar refractivity (Wildman–Crippen MR) is 42.9 cm³/mol. The van der Waals surface area contributed by atoms with Crippen LogP contribution in [0.1, 0.15) is 32.1 Å². The zero-order valence-corrected chi connectivity index (χ0v) is 6.62. The summed E-state index contributed by atoms with van der Waals surface area (Å²) in [4.78, 5) is 0. The predicted octanol–water partition coefficient (Wildman–Crippen LogP) is 1.95. The molecule has 0 aromatic rings. The molecule has 1 fully saturated rings. The summed E-state index contributed by atoms with van der Waals surface area (Å²) in [6.07, 6.45) is 7.02. The normalized spacial score (nSPS) is 17.0. The van der Waals surface area contributed by atoms with E-state index in [9.17, 15) is 0 Å². The van der Waals surface area contributed by atoms with E-state index in [1.54, 1.807) is 0 Å². The Morgan fingerprint density at radius 1 is 1.22 bits per heavy atom. The molecule has 1 nitrogen and oxygen atoms in total. The van der Waals surface area contributed by atoms with Crippen molar-refractivity contribution in [3.8, 4) is 0 Å². The van der Waals surface area contributed by atoms with Crippen LogP contribution in [0.3, 0.4) is 0 Å². The van der Waals surface area contributed by atoms with Crippen molar-refractivity contribution >= 4 is 12.4 Å². The largest absolute Gasteiger partial charge is 0.330 e. The number of hydrogen-bond donors (Lipinski definition) is 1. The monoisotopic (exact) mass is 149 g/mol. The van der Waals surface area contributed by atoms with Gasteiger partial charge >= 0.3 is 0 Å². The highest BCUT2D eigenvalue weighted by atomic mass is 35.5. The maximum absolute atomic E-state index is 5.34. The SMILES string of the molecule is Cl.NCCCCC1CC1. The van der Waals surface area contributed by atoms with Gasteiger partial charge in [0.15, 0.2) is 0 Å². The minimum Gasteiger partial charge on any atom is -0.330 e. The van der Waals surface area contributed by atoms with Crippen molar-refractivity contribution < 1.29 is 0 Å². The van der Waals surface area contributed by atoms with Gasteiger partial charge in [-0.05, 0) is 18.9 Å². The van der Waals surface area contributed by atoms with E-state index in [0.717, 1.165) is 12.5 Å². The zero-order valence-electron chi connectivity index (χ0n) is 5.81. The van der Waals surface area contributed by atoms with E-state index in [4.69, 9.17) is 5.73 Å². The Bertz CT molecular complexity index is 61.9. The number of rotatable bonds is 4. The highest BCUT2D eigenvalue weighted by molar-refractivity contribution is 5.85. The van der Waals surface area contributed by atoms with Crippen LogP contribution < -0.4 is 5.73 Å². The second-order valence-electron chi connectivity index (χ2n) is 2.73. The average molecular weight is 150 g/mol. The first-order valence-corrected chi connectivity index (χ1v) is 3.63. The quantitative estimate of drug-likeness (QED) is 0.608. The topological polar surface area (TPSA) is 26.0 Å². The van der Waals surface area contributed by atoms with E-state index < -0.39 is 0 Å². The van der Waals surface area contributed by atoms with E-state index in [1.165, 1.54) is 32.1 Å². The third-order valence-electron chi connectivity index (χ3n) is 1.76. The fourth-order valence-corrected chi connectivity index (χ4v) is 0.984. The average Bonchev–Trinajstić information content (AvgIpc) is 2.51. The molecule has 0 aromatic heterocycles. The van der Waals surface area contributed by atoms with Gasteiger partial charge in [-0.1, -0.05) is 25.7 Å². The smallest absolute Gasteiger partial charge is 0.00773 e. The molecule has 2 heteroatoms. The first kappa shape index (κ1) is 9.25. The Morgan fingerprint density at radius 2 is 1.89 bits per heavy atom. The van der Waals surface area contributed by atoms with Crippen molar-refractivity contribution in [1.82, 2.24) is 0 Å². The molecule has 0 amide bonds. The van der Waals surface area contributed by atoms with Crippen LogP contribution in [-0.4, -0.2) is 6.54 Å². The van der Waals surface area contributed by atoms with E-state index in [1.807, 2.05) is 0 Å². The number of halogens is 1. The molecular formula is C7H16ClN. The van der Waals surface area contributed by atoms with Gasteiger partial charge in [-0.25, -0.2) is 0 Å². The Balaban J connectivity index is 0.000000640. The second-order valence-corrected chi connectivity index (χ2v) is 2.73. The summed E-state index contributed by atoms with van der Waals surface area (Å²) in [5, 5.41) is 0. The van der Waals surface area contributed by atoms with E-state index in [0.29, 0.717) is 0 Å². The van der Waals surface area contributed by atoms with Crippen LogP contribution in [0.25, 0.3) is 0 Å². The van der Waals surface area contributed by atoms with Gasteiger partial charge in [0, 0.05) is 0 Å². The molecule has 0 bridgehead atoms. The molecule has 0 radical (unpaired) electrons. The molecule has 0 unspecified atom stereocenters. The molecule has 0 heterocycles. The summed E-state index contributed by atoms with van der Waals surface area (Å²) in [6.45, 7) is 0.882. The van der Waals surface area contributed by atoms with Crippen molar-refractivity contribution in [2.24, 2.45) is 11.7 Å². The molecule has 0 saturated heterocycles. The van der Waals surface area contributed by atoms with Crippen molar-refractivity contribution in [3.63, 3.8) is 0 Å². The third kappa shape index (κ3) is 4.73. The molecule has 9 heavy (non-hydrogen) atoms. The lowest BCUT2D eigenvalue weighted by Gasteiger charge is -1.92. The van der Waals surface area contributed by atoms with Crippen molar-refractivity contribution in [3.05, 3.63) is 0 Å². The van der Waals surface area contributed by atoms with Gasteiger partial charge in [0.25, 0.3) is 0 Å². The third-order valence-corrected chi connectivity index (χ3v) is 1.76. The molecule has 1 rings (SSSR count). The van der Waals surface area contributed by atoms with Crippen LogP contribution in [0, 0.1) is 5.92 Å². The van der Waals surface area contributed by atoms with Crippen LogP contribution in [0.5, 0.6) is 0 Å². The lowest BCUT2D eigenvalue weighted by molar-refractivity contribution is 0.635. The molecule has 56 valence electrons. The molecule has 1 saturated carbocycles. The van der Waals surface area contributed by atoms with Gasteiger partial charge in [0.2, 0.25) is 0 Å². The van der Waals surface area contributed by atoms with Crippen LogP contribution >= 0.6 is 12.4 Å². The van der Waals surface area contributed by atoms with Crippen LogP contribution in [0.2, 0.25) is 0 Å². The summed E-state index contributed by atoms with van der Waals surface area (Å²) < 4.78 is 0. The van der Waals surface area contributed by atoms with Gasteiger partial charge in [-0.2, -0.15) is 0 Å². The van der Waals surface area contributed by atoms with Crippen molar-refractivity contribution in [2.75, 3.05) is 6.54 Å². The molecule has 0 spiro atoms. The van der Waals surface area contributed by atoms with Crippen LogP contribution in [0.15, 0.2) is 0 Å². The lowest BCUT2D eigenvalue weighted by Crippen LogP contribution is -1.97. The summed E-state index contributed by atoms with van der Waals surface area (Å²) in [5.74, 6) is 1.10. The molecular weight excluding hydrogens is 134 g/mol. The number of unbranched alkanes of at least 4 members (excludes halogenated alkanes) is 1. The Morgan fingerprint density at radius 3 is 2.33 bits per heavy atom. The molecule has 1 aliphatic carbocycles. The zero-order chi connectivity index (χ0) is 5.82. The van der Waals surface area contributed by atoms with E-state index in [-0.39, 0.29) is 12.4 Å². The Hall–Kier alpha value is 0.250. The fourth-order valence-electron chi connectivity index (χ4n) is 0.984. The second kappa shape index (κ2) is 5.07. The molecule has 0 aliphatic heterocycles. The van der Waals surface area contributed by atoms with E-state index in [2.05, 4.69) is 0 Å². The van der Waals surface area contributed by atoms with Crippen LogP contribution in [0.4, 0.5) is 0 Å². The molecule has 2 N–H and O–H groups in total. The maximum atomic E-state index is 5.34. The summed E-state index contributed by atoms with van der Waals surface area (Å²) in [7, 11) is 0. The first-order chi connectivity index (χ1) is 3.93. The van der Waals surface area contributed by atoms with Gasteiger partial charge in [0.1, 0.15) is 0 Å². The lowest BCUT2D eigenvalue weighted by atomic mass is 10.2. The maximum Gasteiger partial charge on any atom is -0.00773 e. The van der Waals surface area contributed by atoms with Crippen LogP contribution in [-0.2, 0) is 0 Å². The van der Waals surface area contributed by atoms with Gasteiger partial charge in [0.05, 0.1) is 0 Å². The number of nitrogens with two attached hydrogens (primary N) is 1. The standard InChI is InChI=1S/C7H15N.ClH/c8-6-2-1-3-7-4-5-7;/h7H,1-6,8H2;1H. The summed E-state index contributed by atoms with van der Waals surface area (Å²) >= 11 is 0. The Labute approximate surface area is 63.4 Å². The van der Waals surface area contributed by atoms with E-state index >= 15 is 0 Å². The fraction of sp³-hybridized carbons (Fsp3) is 1.00. The first-order valence-electron chi connectivity index (χ1n) is 3.63. The van der Waals surface area contributed by atoms with Gasteiger partial charge < -0.3 is 5.73 Å². The molecule has 0 atom stereocenters. The van der Waals surface area contributed by atoms with Crippen molar-refractivity contribution in [2.45, 2.75) is 32.1 Å².